The zero-order valence-corrected chi connectivity index (χ0v) is 18.1. The SMILES string of the molecule is C=CC.CC(C(=O)O)c1cccc(CCNCCCNc2cc(F)cc(C#N)c2N)c1. The molecule has 0 aliphatic heterocycles. The molecule has 0 fully saturated rings. The van der Waals surface area contributed by atoms with Crippen molar-refractivity contribution in [2.45, 2.75) is 32.6 Å². The summed E-state index contributed by atoms with van der Waals surface area (Å²) in [4.78, 5) is 11.1. The molecule has 1 atom stereocenters. The summed E-state index contributed by atoms with van der Waals surface area (Å²) in [6.07, 6.45) is 3.35. The lowest BCUT2D eigenvalue weighted by molar-refractivity contribution is -0.138. The van der Waals surface area contributed by atoms with Gasteiger partial charge in [0.25, 0.3) is 0 Å². The summed E-state index contributed by atoms with van der Waals surface area (Å²) in [5, 5.41) is 24.4. The minimum atomic E-state index is -0.830. The molecular formula is C24H31FN4O2. The van der Waals surface area contributed by atoms with Crippen molar-refractivity contribution in [1.29, 1.82) is 5.26 Å². The van der Waals surface area contributed by atoms with Gasteiger partial charge in [-0.1, -0.05) is 30.3 Å². The van der Waals surface area contributed by atoms with Crippen molar-refractivity contribution in [2.75, 3.05) is 30.7 Å². The number of aliphatic carboxylic acids is 1. The number of rotatable bonds is 10. The van der Waals surface area contributed by atoms with E-state index in [4.69, 9.17) is 16.1 Å². The third kappa shape index (κ3) is 8.89. The fourth-order valence-electron chi connectivity index (χ4n) is 2.81. The number of halogens is 1. The van der Waals surface area contributed by atoms with Crippen molar-refractivity contribution in [3.8, 4) is 6.07 Å². The number of carboxylic acid groups (broad SMARTS) is 1. The minimum Gasteiger partial charge on any atom is -0.481 e. The normalized spacial score (nSPS) is 10.9. The van der Waals surface area contributed by atoms with Crippen LogP contribution in [0.1, 0.15) is 42.9 Å². The number of carboxylic acids is 1. The van der Waals surface area contributed by atoms with Crippen molar-refractivity contribution in [1.82, 2.24) is 5.32 Å². The molecule has 31 heavy (non-hydrogen) atoms. The quantitative estimate of drug-likeness (QED) is 0.256. The van der Waals surface area contributed by atoms with Crippen LogP contribution in [0.15, 0.2) is 49.1 Å². The smallest absolute Gasteiger partial charge is 0.310 e. The Morgan fingerprint density at radius 2 is 2.03 bits per heavy atom. The topological polar surface area (TPSA) is 111 Å². The number of anilines is 2. The van der Waals surface area contributed by atoms with Gasteiger partial charge < -0.3 is 21.5 Å². The van der Waals surface area contributed by atoms with Crippen LogP contribution in [0.25, 0.3) is 0 Å². The second kappa shape index (κ2) is 13.8. The van der Waals surface area contributed by atoms with Crippen molar-refractivity contribution in [2.24, 2.45) is 0 Å². The minimum absolute atomic E-state index is 0.125. The van der Waals surface area contributed by atoms with Gasteiger partial charge in [-0.05, 0) is 63.0 Å². The second-order valence-electron chi connectivity index (χ2n) is 7.02. The maximum atomic E-state index is 13.5. The largest absolute Gasteiger partial charge is 0.481 e. The molecule has 0 saturated carbocycles. The number of hydrogen-bond donors (Lipinski definition) is 4. The fourth-order valence-corrected chi connectivity index (χ4v) is 2.81. The number of benzene rings is 2. The van der Waals surface area contributed by atoms with Crippen LogP contribution in [-0.4, -0.2) is 30.7 Å². The summed E-state index contributed by atoms with van der Waals surface area (Å²) in [6, 6.07) is 11.9. The van der Waals surface area contributed by atoms with Crippen LogP contribution in [0.5, 0.6) is 0 Å². The number of hydrogen-bond acceptors (Lipinski definition) is 5. The molecule has 0 aliphatic rings. The highest BCUT2D eigenvalue weighted by Gasteiger charge is 2.13. The standard InChI is InChI=1S/C21H25FN4O2.C3H6/c1-14(21(27)28)16-5-2-4-15(10-16)6-9-25-7-3-8-26-19-12-18(22)11-17(13-23)20(19)24;1-3-2/h2,4-5,10-12,14,25-26H,3,6-9,24H2,1H3,(H,27,28);3H,1H2,2H3. The second-order valence-corrected chi connectivity index (χ2v) is 7.02. The third-order valence-corrected chi connectivity index (χ3v) is 4.52. The Bertz CT molecular complexity index is 909. The van der Waals surface area contributed by atoms with E-state index in [0.717, 1.165) is 43.1 Å². The number of nitriles is 1. The molecule has 1 unspecified atom stereocenters. The molecule has 2 rings (SSSR count). The van der Waals surface area contributed by atoms with E-state index >= 15 is 0 Å². The molecule has 2 aromatic carbocycles. The van der Waals surface area contributed by atoms with E-state index in [9.17, 15) is 9.18 Å². The van der Waals surface area contributed by atoms with Crippen molar-refractivity contribution >= 4 is 17.3 Å². The lowest BCUT2D eigenvalue weighted by Gasteiger charge is -2.11. The summed E-state index contributed by atoms with van der Waals surface area (Å²) < 4.78 is 13.5. The molecule has 0 amide bonds. The van der Waals surface area contributed by atoms with E-state index in [-0.39, 0.29) is 11.3 Å². The maximum absolute atomic E-state index is 13.5. The summed E-state index contributed by atoms with van der Waals surface area (Å²) in [6.45, 7) is 9.05. The van der Waals surface area contributed by atoms with E-state index in [1.54, 1.807) is 13.0 Å². The lowest BCUT2D eigenvalue weighted by atomic mass is 9.98. The van der Waals surface area contributed by atoms with Crippen molar-refractivity contribution in [3.05, 3.63) is 71.6 Å². The van der Waals surface area contributed by atoms with Crippen molar-refractivity contribution in [3.63, 3.8) is 0 Å². The summed E-state index contributed by atoms with van der Waals surface area (Å²) in [5.41, 5.74) is 8.55. The molecule has 0 radical (unpaired) electrons. The summed E-state index contributed by atoms with van der Waals surface area (Å²) in [5.74, 6) is -1.84. The number of nitrogen functional groups attached to an aromatic ring is 1. The predicted molar refractivity (Wildman–Crippen MR) is 124 cm³/mol. The molecule has 0 spiro atoms. The Balaban J connectivity index is 0.00000151. The maximum Gasteiger partial charge on any atom is 0.310 e. The highest BCUT2D eigenvalue weighted by Crippen LogP contribution is 2.24. The molecular weight excluding hydrogens is 395 g/mol. The van der Waals surface area contributed by atoms with Gasteiger partial charge in [-0.15, -0.1) is 6.58 Å². The van der Waals surface area contributed by atoms with Crippen LogP contribution in [0.2, 0.25) is 0 Å². The fraction of sp³-hybridized carbons (Fsp3) is 0.333. The Hall–Kier alpha value is -3.37. The molecule has 7 heteroatoms. The average Bonchev–Trinajstić information content (AvgIpc) is 2.75. The average molecular weight is 427 g/mol. The number of nitrogens with zero attached hydrogens (tertiary/aromatic N) is 1. The Morgan fingerprint density at radius 3 is 2.68 bits per heavy atom. The molecule has 0 aliphatic carbocycles. The molecule has 2 aromatic rings. The Kier molecular flexibility index (Phi) is 11.4. The van der Waals surface area contributed by atoms with Crippen LogP contribution in [0.3, 0.4) is 0 Å². The van der Waals surface area contributed by atoms with Gasteiger partial charge in [0, 0.05) is 6.54 Å². The van der Waals surface area contributed by atoms with Crippen LogP contribution < -0.4 is 16.4 Å². The van der Waals surface area contributed by atoms with Gasteiger partial charge in [0.15, 0.2) is 0 Å². The third-order valence-electron chi connectivity index (χ3n) is 4.52. The lowest BCUT2D eigenvalue weighted by Crippen LogP contribution is -2.21. The van der Waals surface area contributed by atoms with Gasteiger partial charge in [-0.2, -0.15) is 5.26 Å². The van der Waals surface area contributed by atoms with Gasteiger partial charge in [0.2, 0.25) is 0 Å². The zero-order chi connectivity index (χ0) is 23.2. The number of carbonyl (C=O) groups is 1. The van der Waals surface area contributed by atoms with Crippen LogP contribution in [0, 0.1) is 17.1 Å². The van der Waals surface area contributed by atoms with E-state index in [1.165, 1.54) is 6.07 Å². The van der Waals surface area contributed by atoms with E-state index in [1.807, 2.05) is 37.3 Å². The highest BCUT2D eigenvalue weighted by atomic mass is 19.1. The number of allylic oxidation sites excluding steroid dienone is 1. The molecule has 0 bridgehead atoms. The first kappa shape index (κ1) is 25.7. The molecule has 0 saturated heterocycles. The molecule has 5 N–H and O–H groups in total. The van der Waals surface area contributed by atoms with E-state index in [0.29, 0.717) is 12.2 Å². The summed E-state index contributed by atoms with van der Waals surface area (Å²) >= 11 is 0. The van der Waals surface area contributed by atoms with Gasteiger partial charge >= 0.3 is 5.97 Å². The molecule has 0 aromatic heterocycles. The monoisotopic (exact) mass is 426 g/mol. The predicted octanol–water partition coefficient (Wildman–Crippen LogP) is 4.29. The first-order valence-corrected chi connectivity index (χ1v) is 10.2. The summed E-state index contributed by atoms with van der Waals surface area (Å²) in [7, 11) is 0. The number of nitrogens with one attached hydrogen (secondary N) is 2. The zero-order valence-electron chi connectivity index (χ0n) is 18.1. The first-order chi connectivity index (χ1) is 14.8. The van der Waals surface area contributed by atoms with Crippen LogP contribution in [-0.2, 0) is 11.2 Å². The Labute approximate surface area is 183 Å². The molecule has 0 heterocycles. The van der Waals surface area contributed by atoms with Crippen LogP contribution >= 0.6 is 0 Å². The Morgan fingerprint density at radius 1 is 1.32 bits per heavy atom. The van der Waals surface area contributed by atoms with Gasteiger partial charge in [-0.25, -0.2) is 4.39 Å². The van der Waals surface area contributed by atoms with Crippen molar-refractivity contribution < 1.29 is 14.3 Å². The van der Waals surface area contributed by atoms with E-state index < -0.39 is 17.7 Å². The van der Waals surface area contributed by atoms with Gasteiger partial charge in [-0.3, -0.25) is 4.79 Å². The molecule has 6 nitrogen and oxygen atoms in total. The first-order valence-electron chi connectivity index (χ1n) is 10.2. The number of nitrogens with two attached hydrogens (primary N) is 1. The van der Waals surface area contributed by atoms with Gasteiger partial charge in [0.1, 0.15) is 11.9 Å². The van der Waals surface area contributed by atoms with Crippen LogP contribution in [0.4, 0.5) is 15.8 Å². The van der Waals surface area contributed by atoms with Gasteiger partial charge in [0.05, 0.1) is 22.9 Å². The molecule has 166 valence electrons. The highest BCUT2D eigenvalue weighted by molar-refractivity contribution is 5.75. The van der Waals surface area contributed by atoms with E-state index in [2.05, 4.69) is 17.2 Å².